The van der Waals surface area contributed by atoms with Crippen LogP contribution in [0.4, 0.5) is 0 Å². The van der Waals surface area contributed by atoms with Crippen LogP contribution in [-0.4, -0.2) is 32.6 Å². The van der Waals surface area contributed by atoms with Crippen LogP contribution in [0.15, 0.2) is 61.1 Å². The zero-order valence-electron chi connectivity index (χ0n) is 15.2. The minimum absolute atomic E-state index is 0.197. The van der Waals surface area contributed by atoms with Gasteiger partial charge >= 0.3 is 0 Å². The Morgan fingerprint density at radius 3 is 2.63 bits per heavy atom. The largest absolute Gasteiger partial charge is 0.478 e. The second-order valence-electron chi connectivity index (χ2n) is 6.48. The van der Waals surface area contributed by atoms with Crippen molar-refractivity contribution in [3.8, 4) is 17.3 Å². The molecule has 6 nitrogen and oxygen atoms in total. The molecule has 27 heavy (non-hydrogen) atoms. The molecule has 3 aromatic rings. The number of imidazole rings is 1. The molecule has 0 aliphatic rings. The summed E-state index contributed by atoms with van der Waals surface area (Å²) in [7, 11) is 0. The molecule has 0 atom stereocenters. The molecule has 0 spiro atoms. The van der Waals surface area contributed by atoms with Crippen molar-refractivity contribution in [2.24, 2.45) is 0 Å². The summed E-state index contributed by atoms with van der Waals surface area (Å²) in [6.07, 6.45) is 5.32. The van der Waals surface area contributed by atoms with Gasteiger partial charge in [0.2, 0.25) is 0 Å². The van der Waals surface area contributed by atoms with E-state index in [-0.39, 0.29) is 5.91 Å². The smallest absolute Gasteiger partial charge is 0.263 e. The average Bonchev–Trinajstić information content (AvgIpc) is 3.12. The molecule has 2 heterocycles. The van der Waals surface area contributed by atoms with E-state index in [9.17, 15) is 4.79 Å². The molecule has 0 saturated carbocycles. The quantitative estimate of drug-likeness (QED) is 0.676. The van der Waals surface area contributed by atoms with Gasteiger partial charge in [0.1, 0.15) is 11.4 Å². The fourth-order valence-electron chi connectivity index (χ4n) is 2.56. The van der Waals surface area contributed by atoms with E-state index in [1.807, 2.05) is 29.0 Å². The van der Waals surface area contributed by atoms with Crippen molar-refractivity contribution in [2.45, 2.75) is 26.0 Å². The van der Waals surface area contributed by atoms with Gasteiger partial charge in [-0.3, -0.25) is 9.78 Å². The van der Waals surface area contributed by atoms with Gasteiger partial charge in [-0.1, -0.05) is 17.7 Å². The molecule has 7 heteroatoms. The van der Waals surface area contributed by atoms with Gasteiger partial charge in [0, 0.05) is 36.7 Å². The second-order valence-corrected chi connectivity index (χ2v) is 6.92. The van der Waals surface area contributed by atoms with Crippen molar-refractivity contribution >= 4 is 17.5 Å². The highest BCUT2D eigenvalue weighted by Gasteiger charge is 2.29. The molecule has 0 aliphatic carbocycles. The summed E-state index contributed by atoms with van der Waals surface area (Å²) in [5, 5.41) is 3.53. The normalized spacial score (nSPS) is 11.2. The van der Waals surface area contributed by atoms with Crippen LogP contribution in [0.25, 0.3) is 11.5 Å². The van der Waals surface area contributed by atoms with Crippen LogP contribution in [0, 0.1) is 0 Å². The van der Waals surface area contributed by atoms with E-state index >= 15 is 0 Å². The van der Waals surface area contributed by atoms with Crippen LogP contribution in [0.1, 0.15) is 13.8 Å². The number of nitrogens with zero attached hydrogens (tertiary/aromatic N) is 3. The first-order valence-electron chi connectivity index (χ1n) is 8.61. The zero-order valence-corrected chi connectivity index (χ0v) is 16.0. The Bertz CT molecular complexity index is 892. The maximum Gasteiger partial charge on any atom is 0.263 e. The highest BCUT2D eigenvalue weighted by Crippen LogP contribution is 2.21. The average molecular weight is 385 g/mol. The summed E-state index contributed by atoms with van der Waals surface area (Å²) in [6.45, 7) is 4.48. The Morgan fingerprint density at radius 2 is 1.93 bits per heavy atom. The first-order chi connectivity index (χ1) is 13.0. The molecular weight excluding hydrogens is 364 g/mol. The predicted molar refractivity (Wildman–Crippen MR) is 105 cm³/mol. The maximum absolute atomic E-state index is 12.5. The van der Waals surface area contributed by atoms with Gasteiger partial charge in [-0.25, -0.2) is 4.98 Å². The molecule has 2 aromatic heterocycles. The van der Waals surface area contributed by atoms with E-state index in [0.29, 0.717) is 23.9 Å². The Balaban J connectivity index is 1.56. The van der Waals surface area contributed by atoms with Crippen LogP contribution in [0.5, 0.6) is 5.75 Å². The van der Waals surface area contributed by atoms with E-state index in [0.717, 1.165) is 11.5 Å². The molecule has 1 N–H and O–H groups in total. The number of hydrogen-bond acceptors (Lipinski definition) is 4. The SMILES string of the molecule is CC(C)(Oc1ccc(Cl)cc1)C(=O)NCCn1ccnc1-c1ccccn1. The standard InChI is InChI=1S/C20H21ClN4O2/c1-20(2,27-16-8-6-15(21)7-9-16)19(26)24-12-14-25-13-11-23-18(25)17-5-3-4-10-22-17/h3-11,13H,12,14H2,1-2H3,(H,24,26). The number of halogens is 1. The van der Waals surface area contributed by atoms with E-state index in [1.54, 1.807) is 50.5 Å². The first-order valence-corrected chi connectivity index (χ1v) is 8.99. The third kappa shape index (κ3) is 4.86. The number of nitrogens with one attached hydrogen (secondary N) is 1. The lowest BCUT2D eigenvalue weighted by atomic mass is 10.1. The number of pyridine rings is 1. The third-order valence-corrected chi connectivity index (χ3v) is 4.23. The van der Waals surface area contributed by atoms with E-state index in [4.69, 9.17) is 16.3 Å². The van der Waals surface area contributed by atoms with Crippen molar-refractivity contribution < 1.29 is 9.53 Å². The molecule has 0 saturated heterocycles. The fourth-order valence-corrected chi connectivity index (χ4v) is 2.69. The predicted octanol–water partition coefficient (Wildman–Crippen LogP) is 3.57. The van der Waals surface area contributed by atoms with Gasteiger partial charge in [0.05, 0.1) is 0 Å². The summed E-state index contributed by atoms with van der Waals surface area (Å²) in [4.78, 5) is 21.2. The summed E-state index contributed by atoms with van der Waals surface area (Å²) in [5.74, 6) is 1.16. The van der Waals surface area contributed by atoms with Gasteiger partial charge in [0.15, 0.2) is 11.4 Å². The van der Waals surface area contributed by atoms with Gasteiger partial charge in [-0.15, -0.1) is 0 Å². The van der Waals surface area contributed by atoms with Crippen LogP contribution in [0.3, 0.4) is 0 Å². The van der Waals surface area contributed by atoms with E-state index < -0.39 is 5.60 Å². The number of hydrogen-bond donors (Lipinski definition) is 1. The molecule has 3 rings (SSSR count). The number of benzene rings is 1. The molecule has 140 valence electrons. The lowest BCUT2D eigenvalue weighted by Crippen LogP contribution is -2.47. The number of carbonyl (C=O) groups is 1. The molecule has 0 radical (unpaired) electrons. The van der Waals surface area contributed by atoms with Crippen LogP contribution >= 0.6 is 11.6 Å². The number of amides is 1. The molecule has 0 aliphatic heterocycles. The number of ether oxygens (including phenoxy) is 1. The third-order valence-electron chi connectivity index (χ3n) is 3.98. The maximum atomic E-state index is 12.5. The van der Waals surface area contributed by atoms with Gasteiger partial charge in [-0.2, -0.15) is 0 Å². The lowest BCUT2D eigenvalue weighted by Gasteiger charge is -2.25. The fraction of sp³-hybridized carbons (Fsp3) is 0.250. The van der Waals surface area contributed by atoms with Gasteiger partial charge < -0.3 is 14.6 Å². The van der Waals surface area contributed by atoms with Crippen molar-refractivity contribution in [2.75, 3.05) is 6.54 Å². The van der Waals surface area contributed by atoms with Gasteiger partial charge in [-0.05, 0) is 50.2 Å². The summed E-state index contributed by atoms with van der Waals surface area (Å²) >= 11 is 5.87. The Hall–Kier alpha value is -2.86. The Kier molecular flexibility index (Phi) is 5.76. The molecular formula is C20H21ClN4O2. The van der Waals surface area contributed by atoms with E-state index in [2.05, 4.69) is 15.3 Å². The lowest BCUT2D eigenvalue weighted by molar-refractivity contribution is -0.134. The Labute approximate surface area is 163 Å². The molecule has 1 amide bonds. The zero-order chi connectivity index (χ0) is 19.3. The minimum Gasteiger partial charge on any atom is -0.478 e. The van der Waals surface area contributed by atoms with Crippen molar-refractivity contribution in [3.05, 3.63) is 66.1 Å². The van der Waals surface area contributed by atoms with Crippen molar-refractivity contribution in [1.29, 1.82) is 0 Å². The van der Waals surface area contributed by atoms with Crippen LogP contribution in [0.2, 0.25) is 5.02 Å². The molecule has 0 bridgehead atoms. The first kappa shape index (κ1) is 18.9. The Morgan fingerprint density at radius 1 is 1.15 bits per heavy atom. The highest BCUT2D eigenvalue weighted by molar-refractivity contribution is 6.30. The number of aromatic nitrogens is 3. The van der Waals surface area contributed by atoms with Crippen molar-refractivity contribution in [1.82, 2.24) is 19.9 Å². The highest BCUT2D eigenvalue weighted by atomic mass is 35.5. The van der Waals surface area contributed by atoms with Crippen LogP contribution < -0.4 is 10.1 Å². The number of rotatable bonds is 7. The number of carbonyl (C=O) groups excluding carboxylic acids is 1. The topological polar surface area (TPSA) is 69.0 Å². The van der Waals surface area contributed by atoms with Crippen LogP contribution in [-0.2, 0) is 11.3 Å². The molecule has 0 unspecified atom stereocenters. The summed E-state index contributed by atoms with van der Waals surface area (Å²) in [5.41, 5.74) is -0.215. The summed E-state index contributed by atoms with van der Waals surface area (Å²) in [6, 6.07) is 12.6. The van der Waals surface area contributed by atoms with E-state index in [1.165, 1.54) is 0 Å². The second kappa shape index (κ2) is 8.22. The summed E-state index contributed by atoms with van der Waals surface area (Å²) < 4.78 is 7.75. The minimum atomic E-state index is -1.01. The molecule has 1 aromatic carbocycles. The van der Waals surface area contributed by atoms with Gasteiger partial charge in [0.25, 0.3) is 5.91 Å². The molecule has 0 fully saturated rings. The van der Waals surface area contributed by atoms with Crippen molar-refractivity contribution in [3.63, 3.8) is 0 Å². The monoisotopic (exact) mass is 384 g/mol.